The Balaban J connectivity index is 2.64. The van der Waals surface area contributed by atoms with E-state index in [2.05, 4.69) is 17.0 Å². The van der Waals surface area contributed by atoms with Crippen LogP contribution in [0.4, 0.5) is 8.78 Å². The van der Waals surface area contributed by atoms with Crippen molar-refractivity contribution in [2.75, 3.05) is 13.7 Å². The van der Waals surface area contributed by atoms with Crippen LogP contribution in [-0.4, -0.2) is 20.3 Å². The van der Waals surface area contributed by atoms with E-state index in [1.807, 2.05) is 0 Å². The molecule has 1 N–H and O–H groups in total. The van der Waals surface area contributed by atoms with Gasteiger partial charge in [0.2, 0.25) is 0 Å². The van der Waals surface area contributed by atoms with E-state index in [1.54, 1.807) is 18.2 Å². The van der Waals surface area contributed by atoms with Gasteiger partial charge in [-0.25, -0.2) is 0 Å². The first-order chi connectivity index (χ1) is 9.19. The van der Waals surface area contributed by atoms with E-state index in [1.165, 1.54) is 7.11 Å². The van der Waals surface area contributed by atoms with E-state index in [9.17, 15) is 8.78 Å². The molecule has 3 nitrogen and oxygen atoms in total. The molecule has 0 amide bonds. The second-order valence-electron chi connectivity index (χ2n) is 4.21. The highest BCUT2D eigenvalue weighted by Gasteiger charge is 2.14. The molecule has 1 rings (SSSR count). The summed E-state index contributed by atoms with van der Waals surface area (Å²) in [5.41, 5.74) is 0.677. The molecule has 0 atom stereocenters. The van der Waals surface area contributed by atoms with Gasteiger partial charge in [-0.15, -0.1) is 0 Å². The molecule has 0 spiro atoms. The normalized spacial score (nSPS) is 10.8. The molecular weight excluding hydrogens is 252 g/mol. The highest BCUT2D eigenvalue weighted by molar-refractivity contribution is 5.46. The second kappa shape index (κ2) is 8.69. The van der Waals surface area contributed by atoms with Crippen LogP contribution in [0, 0.1) is 0 Å². The molecule has 19 heavy (non-hydrogen) atoms. The fourth-order valence-corrected chi connectivity index (χ4v) is 1.81. The smallest absolute Gasteiger partial charge is 0.387 e. The van der Waals surface area contributed by atoms with Crippen molar-refractivity contribution in [1.82, 2.24) is 5.32 Å². The first-order valence-electron chi connectivity index (χ1n) is 6.50. The predicted octanol–water partition coefficient (Wildman–Crippen LogP) is 3.58. The maximum atomic E-state index is 12.4. The number of rotatable bonds is 9. The summed E-state index contributed by atoms with van der Waals surface area (Å²) in [6, 6.07) is 5.13. The SMILES string of the molecule is CCCCCNCc1cccc(OC)c1OC(F)F. The van der Waals surface area contributed by atoms with Gasteiger partial charge in [0.15, 0.2) is 11.5 Å². The number of hydrogen-bond donors (Lipinski definition) is 1. The van der Waals surface area contributed by atoms with Gasteiger partial charge in [-0.05, 0) is 19.0 Å². The van der Waals surface area contributed by atoms with Crippen LogP contribution in [-0.2, 0) is 6.54 Å². The summed E-state index contributed by atoms with van der Waals surface area (Å²) in [5.74, 6) is 0.441. The molecule has 0 bridgehead atoms. The number of nitrogens with one attached hydrogen (secondary N) is 1. The lowest BCUT2D eigenvalue weighted by atomic mass is 10.1. The molecule has 0 aliphatic rings. The molecule has 1 aromatic carbocycles. The van der Waals surface area contributed by atoms with Crippen molar-refractivity contribution in [2.24, 2.45) is 0 Å². The van der Waals surface area contributed by atoms with Crippen molar-refractivity contribution in [3.63, 3.8) is 0 Å². The zero-order chi connectivity index (χ0) is 14.1. The summed E-state index contributed by atoms with van der Waals surface area (Å²) in [4.78, 5) is 0. The highest BCUT2D eigenvalue weighted by Crippen LogP contribution is 2.32. The summed E-state index contributed by atoms with van der Waals surface area (Å²) < 4.78 is 34.4. The Morgan fingerprint density at radius 1 is 1.26 bits per heavy atom. The minimum absolute atomic E-state index is 0.114. The minimum atomic E-state index is -2.85. The van der Waals surface area contributed by atoms with Gasteiger partial charge in [0.25, 0.3) is 0 Å². The number of ether oxygens (including phenoxy) is 2. The van der Waals surface area contributed by atoms with Gasteiger partial charge >= 0.3 is 6.61 Å². The van der Waals surface area contributed by atoms with Crippen LogP contribution in [0.5, 0.6) is 11.5 Å². The number of unbranched alkanes of at least 4 members (excludes halogenated alkanes) is 2. The average molecular weight is 273 g/mol. The predicted molar refractivity (Wildman–Crippen MR) is 70.9 cm³/mol. The van der Waals surface area contributed by atoms with Crippen LogP contribution in [0.15, 0.2) is 18.2 Å². The van der Waals surface area contributed by atoms with Crippen LogP contribution in [0.2, 0.25) is 0 Å². The molecule has 0 fully saturated rings. The van der Waals surface area contributed by atoms with Gasteiger partial charge in [0, 0.05) is 12.1 Å². The Bertz CT molecular complexity index is 372. The molecule has 1 aromatic rings. The van der Waals surface area contributed by atoms with Crippen LogP contribution < -0.4 is 14.8 Å². The molecular formula is C14H21F2NO2. The molecule has 0 aliphatic carbocycles. The first kappa shape index (κ1) is 15.7. The van der Waals surface area contributed by atoms with E-state index in [0.29, 0.717) is 17.9 Å². The number of halogens is 2. The molecule has 0 heterocycles. The van der Waals surface area contributed by atoms with Gasteiger partial charge in [-0.1, -0.05) is 31.9 Å². The van der Waals surface area contributed by atoms with Crippen molar-refractivity contribution in [3.05, 3.63) is 23.8 Å². The Kier molecular flexibility index (Phi) is 7.18. The molecule has 0 aromatic heterocycles. The quantitative estimate of drug-likeness (QED) is 0.698. The monoisotopic (exact) mass is 273 g/mol. The van der Waals surface area contributed by atoms with Gasteiger partial charge < -0.3 is 14.8 Å². The van der Waals surface area contributed by atoms with Crippen molar-refractivity contribution >= 4 is 0 Å². The number of hydrogen-bond acceptors (Lipinski definition) is 3. The average Bonchev–Trinajstić information content (AvgIpc) is 2.39. The standard InChI is InChI=1S/C14H21F2NO2/c1-3-4-5-9-17-10-11-7-6-8-12(18-2)13(11)19-14(15)16/h6-8,14,17H,3-5,9-10H2,1-2H3. The fraction of sp³-hybridized carbons (Fsp3) is 0.571. The lowest BCUT2D eigenvalue weighted by Gasteiger charge is -2.14. The lowest BCUT2D eigenvalue weighted by molar-refractivity contribution is -0.0518. The topological polar surface area (TPSA) is 30.5 Å². The zero-order valence-electron chi connectivity index (χ0n) is 11.4. The maximum absolute atomic E-state index is 12.4. The van der Waals surface area contributed by atoms with Crippen LogP contribution in [0.1, 0.15) is 31.7 Å². The van der Waals surface area contributed by atoms with Crippen LogP contribution in [0.3, 0.4) is 0 Å². The van der Waals surface area contributed by atoms with E-state index in [0.717, 1.165) is 25.8 Å². The number of benzene rings is 1. The molecule has 0 aliphatic heterocycles. The van der Waals surface area contributed by atoms with Crippen molar-refractivity contribution < 1.29 is 18.3 Å². The van der Waals surface area contributed by atoms with E-state index < -0.39 is 6.61 Å². The maximum Gasteiger partial charge on any atom is 0.387 e. The second-order valence-corrected chi connectivity index (χ2v) is 4.21. The molecule has 108 valence electrons. The third-order valence-electron chi connectivity index (χ3n) is 2.76. The lowest BCUT2D eigenvalue weighted by Crippen LogP contribution is -2.16. The summed E-state index contributed by atoms with van der Waals surface area (Å²) >= 11 is 0. The number of methoxy groups -OCH3 is 1. The Morgan fingerprint density at radius 3 is 2.68 bits per heavy atom. The Morgan fingerprint density at radius 2 is 2.05 bits per heavy atom. The Hall–Kier alpha value is -1.36. The molecule has 5 heteroatoms. The third kappa shape index (κ3) is 5.42. The summed E-state index contributed by atoms with van der Waals surface area (Å²) in [6.45, 7) is 0.633. The first-order valence-corrected chi connectivity index (χ1v) is 6.50. The Labute approximate surface area is 112 Å². The van der Waals surface area contributed by atoms with Crippen molar-refractivity contribution in [1.29, 1.82) is 0 Å². The zero-order valence-corrected chi connectivity index (χ0v) is 11.4. The van der Waals surface area contributed by atoms with Gasteiger partial charge in [-0.2, -0.15) is 8.78 Å². The largest absolute Gasteiger partial charge is 0.493 e. The summed E-state index contributed by atoms with van der Waals surface area (Å²) in [6.07, 6.45) is 3.39. The molecule has 0 saturated heterocycles. The molecule has 0 unspecified atom stereocenters. The molecule has 0 radical (unpaired) electrons. The van der Waals surface area contributed by atoms with E-state index in [4.69, 9.17) is 4.74 Å². The van der Waals surface area contributed by atoms with Gasteiger partial charge in [0.05, 0.1) is 7.11 Å². The number of alkyl halides is 2. The fourth-order valence-electron chi connectivity index (χ4n) is 1.81. The third-order valence-corrected chi connectivity index (χ3v) is 2.76. The summed E-state index contributed by atoms with van der Waals surface area (Å²) in [7, 11) is 1.44. The van der Waals surface area contributed by atoms with Gasteiger partial charge in [0.1, 0.15) is 0 Å². The van der Waals surface area contributed by atoms with Crippen molar-refractivity contribution in [2.45, 2.75) is 39.3 Å². The van der Waals surface area contributed by atoms with Crippen LogP contribution in [0.25, 0.3) is 0 Å². The van der Waals surface area contributed by atoms with Crippen molar-refractivity contribution in [3.8, 4) is 11.5 Å². The van der Waals surface area contributed by atoms with Gasteiger partial charge in [-0.3, -0.25) is 0 Å². The minimum Gasteiger partial charge on any atom is -0.493 e. The van der Waals surface area contributed by atoms with E-state index in [-0.39, 0.29) is 5.75 Å². The number of para-hydroxylation sites is 1. The summed E-state index contributed by atoms with van der Waals surface area (Å²) in [5, 5.41) is 3.22. The molecule has 0 saturated carbocycles. The van der Waals surface area contributed by atoms with Crippen LogP contribution >= 0.6 is 0 Å². The highest BCUT2D eigenvalue weighted by atomic mass is 19.3. The van der Waals surface area contributed by atoms with E-state index >= 15 is 0 Å².